The molecule has 2 rings (SSSR count). The van der Waals surface area contributed by atoms with Gasteiger partial charge < -0.3 is 15.7 Å². The Morgan fingerprint density at radius 3 is 2.79 bits per heavy atom. The second-order valence-corrected chi connectivity index (χ2v) is 4.66. The standard InChI is InChI=1S/C12H15F2N3O2/c1-12(13,14)7-2-3-10(16-5-7)17-11(19)9-4-8(18)6-15-9/h2-3,5,8-9,15,18H,4,6H2,1H3,(H,16,17,19)/t8-,9+/m1/s1. The summed E-state index contributed by atoms with van der Waals surface area (Å²) in [6.07, 6.45) is 0.827. The van der Waals surface area contributed by atoms with Gasteiger partial charge in [-0.3, -0.25) is 4.79 Å². The van der Waals surface area contributed by atoms with Crippen molar-refractivity contribution in [1.82, 2.24) is 10.3 Å². The van der Waals surface area contributed by atoms with Crippen molar-refractivity contribution in [3.05, 3.63) is 23.9 Å². The quantitative estimate of drug-likeness (QED) is 0.762. The Kier molecular flexibility index (Phi) is 3.77. The zero-order chi connectivity index (χ0) is 14.0. The molecule has 0 spiro atoms. The number of hydrogen-bond acceptors (Lipinski definition) is 4. The Hall–Kier alpha value is -1.60. The van der Waals surface area contributed by atoms with Gasteiger partial charge in [0.25, 0.3) is 5.92 Å². The number of aliphatic hydroxyl groups is 1. The predicted molar refractivity (Wildman–Crippen MR) is 64.8 cm³/mol. The highest BCUT2D eigenvalue weighted by molar-refractivity contribution is 5.94. The molecule has 0 unspecified atom stereocenters. The average Bonchev–Trinajstić information content (AvgIpc) is 2.75. The van der Waals surface area contributed by atoms with Crippen molar-refractivity contribution in [2.45, 2.75) is 31.4 Å². The summed E-state index contributed by atoms with van der Waals surface area (Å²) in [5.74, 6) is -3.08. The topological polar surface area (TPSA) is 74.2 Å². The monoisotopic (exact) mass is 271 g/mol. The van der Waals surface area contributed by atoms with Gasteiger partial charge in [-0.2, -0.15) is 0 Å². The van der Waals surface area contributed by atoms with Gasteiger partial charge in [0.05, 0.1) is 12.1 Å². The van der Waals surface area contributed by atoms with Crippen LogP contribution in [0.5, 0.6) is 0 Å². The second-order valence-electron chi connectivity index (χ2n) is 4.66. The lowest BCUT2D eigenvalue weighted by Gasteiger charge is -2.12. The van der Waals surface area contributed by atoms with E-state index < -0.39 is 18.1 Å². The Morgan fingerprint density at radius 1 is 1.58 bits per heavy atom. The summed E-state index contributed by atoms with van der Waals surface area (Å²) in [6, 6.07) is 2.07. The summed E-state index contributed by atoms with van der Waals surface area (Å²) in [5.41, 5.74) is -0.208. The van der Waals surface area contributed by atoms with E-state index in [-0.39, 0.29) is 17.3 Å². The van der Waals surface area contributed by atoms with E-state index in [1.165, 1.54) is 12.1 Å². The third kappa shape index (κ3) is 3.45. The number of carbonyl (C=O) groups is 1. The molecule has 7 heteroatoms. The van der Waals surface area contributed by atoms with Crippen LogP contribution < -0.4 is 10.6 Å². The number of β-amino-alcohol motifs (C(OH)–C–C–N with tert-alkyl or cyclic N) is 1. The van der Waals surface area contributed by atoms with Crippen LogP contribution in [-0.2, 0) is 10.7 Å². The van der Waals surface area contributed by atoms with Gasteiger partial charge in [0.2, 0.25) is 5.91 Å². The number of amides is 1. The van der Waals surface area contributed by atoms with Crippen molar-refractivity contribution < 1.29 is 18.7 Å². The SMILES string of the molecule is CC(F)(F)c1ccc(NC(=O)[C@@H]2C[C@@H](O)CN2)nc1. The largest absolute Gasteiger partial charge is 0.392 e. The summed E-state index contributed by atoms with van der Waals surface area (Å²) in [6.45, 7) is 1.15. The van der Waals surface area contributed by atoms with E-state index >= 15 is 0 Å². The summed E-state index contributed by atoms with van der Waals surface area (Å²) in [7, 11) is 0. The number of nitrogens with one attached hydrogen (secondary N) is 2. The minimum atomic E-state index is -2.95. The van der Waals surface area contributed by atoms with Crippen LogP contribution in [0.3, 0.4) is 0 Å². The normalized spacial score (nSPS) is 23.4. The lowest BCUT2D eigenvalue weighted by Crippen LogP contribution is -2.35. The number of carbonyl (C=O) groups excluding carboxylic acids is 1. The zero-order valence-corrected chi connectivity index (χ0v) is 10.4. The summed E-state index contributed by atoms with van der Waals surface area (Å²) < 4.78 is 25.9. The molecular weight excluding hydrogens is 256 g/mol. The number of pyridine rings is 1. The van der Waals surface area contributed by atoms with E-state index in [1.54, 1.807) is 0 Å². The van der Waals surface area contributed by atoms with Crippen LogP contribution in [0, 0.1) is 0 Å². The van der Waals surface area contributed by atoms with Crippen molar-refractivity contribution >= 4 is 11.7 Å². The molecule has 2 atom stereocenters. The molecule has 0 bridgehead atoms. The zero-order valence-electron chi connectivity index (χ0n) is 10.4. The number of nitrogens with zero attached hydrogens (tertiary/aromatic N) is 1. The van der Waals surface area contributed by atoms with Crippen molar-refractivity contribution in [2.75, 3.05) is 11.9 Å². The van der Waals surface area contributed by atoms with Crippen molar-refractivity contribution in [2.24, 2.45) is 0 Å². The average molecular weight is 271 g/mol. The first-order valence-corrected chi connectivity index (χ1v) is 5.93. The van der Waals surface area contributed by atoms with Crippen LogP contribution in [0.15, 0.2) is 18.3 Å². The highest BCUT2D eigenvalue weighted by Gasteiger charge is 2.28. The van der Waals surface area contributed by atoms with Gasteiger partial charge in [0.15, 0.2) is 0 Å². The minimum absolute atomic E-state index is 0.208. The Balaban J connectivity index is 1.98. The van der Waals surface area contributed by atoms with E-state index in [2.05, 4.69) is 15.6 Å². The fraction of sp³-hybridized carbons (Fsp3) is 0.500. The molecule has 2 heterocycles. The van der Waals surface area contributed by atoms with E-state index in [9.17, 15) is 18.7 Å². The Morgan fingerprint density at radius 2 is 2.32 bits per heavy atom. The molecule has 1 fully saturated rings. The molecule has 0 radical (unpaired) electrons. The molecule has 1 saturated heterocycles. The number of anilines is 1. The van der Waals surface area contributed by atoms with Crippen LogP contribution in [0.25, 0.3) is 0 Å². The molecule has 3 N–H and O–H groups in total. The lowest BCUT2D eigenvalue weighted by molar-refractivity contribution is -0.118. The summed E-state index contributed by atoms with van der Waals surface area (Å²) >= 11 is 0. The van der Waals surface area contributed by atoms with E-state index in [1.807, 2.05) is 0 Å². The van der Waals surface area contributed by atoms with Gasteiger partial charge in [-0.1, -0.05) is 0 Å². The van der Waals surface area contributed by atoms with Crippen LogP contribution >= 0.6 is 0 Å². The number of hydrogen-bond donors (Lipinski definition) is 3. The van der Waals surface area contributed by atoms with Crippen LogP contribution in [0.1, 0.15) is 18.9 Å². The number of halogens is 2. The van der Waals surface area contributed by atoms with Crippen LogP contribution in [0.2, 0.25) is 0 Å². The van der Waals surface area contributed by atoms with Crippen LogP contribution in [-0.4, -0.2) is 34.7 Å². The van der Waals surface area contributed by atoms with Gasteiger partial charge in [0, 0.05) is 25.2 Å². The number of aliphatic hydroxyl groups excluding tert-OH is 1. The Bertz CT molecular complexity index is 459. The second kappa shape index (κ2) is 5.18. The third-order valence-electron chi connectivity index (χ3n) is 2.95. The summed E-state index contributed by atoms with van der Waals surface area (Å²) in [5, 5.41) is 14.7. The highest BCUT2D eigenvalue weighted by Crippen LogP contribution is 2.26. The van der Waals surface area contributed by atoms with Gasteiger partial charge >= 0.3 is 0 Å². The molecule has 1 amide bonds. The first-order valence-electron chi connectivity index (χ1n) is 5.93. The molecule has 1 aromatic heterocycles. The maximum absolute atomic E-state index is 13.0. The molecule has 104 valence electrons. The maximum atomic E-state index is 13.0. The minimum Gasteiger partial charge on any atom is -0.392 e. The fourth-order valence-corrected chi connectivity index (χ4v) is 1.86. The molecule has 0 saturated carbocycles. The number of alkyl halides is 2. The van der Waals surface area contributed by atoms with Crippen molar-refractivity contribution in [3.63, 3.8) is 0 Å². The van der Waals surface area contributed by atoms with Gasteiger partial charge in [-0.15, -0.1) is 0 Å². The Labute approximate surface area is 109 Å². The first kappa shape index (κ1) is 13.8. The molecule has 1 aliphatic heterocycles. The first-order chi connectivity index (χ1) is 8.86. The van der Waals surface area contributed by atoms with Crippen LogP contribution in [0.4, 0.5) is 14.6 Å². The molecule has 1 aliphatic rings. The fourth-order valence-electron chi connectivity index (χ4n) is 1.86. The van der Waals surface area contributed by atoms with E-state index in [0.29, 0.717) is 13.0 Å². The number of rotatable bonds is 3. The maximum Gasteiger partial charge on any atom is 0.272 e. The van der Waals surface area contributed by atoms with Gasteiger partial charge in [-0.25, -0.2) is 13.8 Å². The lowest BCUT2D eigenvalue weighted by atomic mass is 10.1. The highest BCUT2D eigenvalue weighted by atomic mass is 19.3. The van der Waals surface area contributed by atoms with E-state index in [0.717, 1.165) is 13.1 Å². The number of aromatic nitrogens is 1. The molecule has 1 aromatic rings. The molecule has 0 aliphatic carbocycles. The third-order valence-corrected chi connectivity index (χ3v) is 2.95. The smallest absolute Gasteiger partial charge is 0.272 e. The molecular formula is C12H15F2N3O2. The van der Waals surface area contributed by atoms with Crippen molar-refractivity contribution in [3.8, 4) is 0 Å². The van der Waals surface area contributed by atoms with Gasteiger partial charge in [-0.05, 0) is 18.6 Å². The van der Waals surface area contributed by atoms with E-state index in [4.69, 9.17) is 0 Å². The molecule has 19 heavy (non-hydrogen) atoms. The summed E-state index contributed by atoms with van der Waals surface area (Å²) in [4.78, 5) is 15.5. The van der Waals surface area contributed by atoms with Crippen molar-refractivity contribution in [1.29, 1.82) is 0 Å². The predicted octanol–water partition coefficient (Wildman–Crippen LogP) is 0.855. The van der Waals surface area contributed by atoms with Gasteiger partial charge in [0.1, 0.15) is 5.82 Å². The molecule has 0 aromatic carbocycles. The molecule has 5 nitrogen and oxygen atoms in total.